The largest absolute Gasteiger partial charge is 0.339 e. The minimum atomic E-state index is -0.0705. The van der Waals surface area contributed by atoms with Gasteiger partial charge < -0.3 is 10.3 Å². The molecule has 1 amide bonds. The van der Waals surface area contributed by atoms with E-state index >= 15 is 0 Å². The fourth-order valence-corrected chi connectivity index (χ4v) is 5.68. The average molecular weight is 528 g/mol. The zero-order valence-electron chi connectivity index (χ0n) is 21.9. The van der Waals surface area contributed by atoms with Crippen LogP contribution in [-0.4, -0.2) is 15.9 Å². The number of pyridine rings is 1. The lowest BCUT2D eigenvalue weighted by molar-refractivity contribution is -0.118. The number of hydrogen-bond donors (Lipinski definition) is 2. The molecule has 4 aromatic carbocycles. The van der Waals surface area contributed by atoms with Gasteiger partial charge in [0.2, 0.25) is 5.91 Å². The first kappa shape index (κ1) is 25.0. The van der Waals surface area contributed by atoms with E-state index < -0.39 is 0 Å². The van der Waals surface area contributed by atoms with Crippen LogP contribution in [0.5, 0.6) is 0 Å². The third-order valence-electron chi connectivity index (χ3n) is 6.88. The summed E-state index contributed by atoms with van der Waals surface area (Å²) in [6.07, 6.45) is 1.95. The molecular formula is C34H29N3OS. The van der Waals surface area contributed by atoms with Crippen molar-refractivity contribution in [2.75, 3.05) is 5.32 Å². The molecule has 0 saturated carbocycles. The minimum Gasteiger partial charge on any atom is -0.339 e. The maximum atomic E-state index is 12.2. The number of hydrogen-bond acceptors (Lipinski definition) is 3. The predicted octanol–water partition coefficient (Wildman–Crippen LogP) is 8.94. The average Bonchev–Trinajstić information content (AvgIpc) is 3.35. The number of rotatable bonds is 7. The van der Waals surface area contributed by atoms with Gasteiger partial charge in [-0.25, -0.2) is 4.98 Å². The summed E-state index contributed by atoms with van der Waals surface area (Å²) in [6, 6.07) is 35.7. The van der Waals surface area contributed by atoms with Gasteiger partial charge in [-0.15, -0.1) is 11.8 Å². The second-order valence-electron chi connectivity index (χ2n) is 9.96. The highest BCUT2D eigenvalue weighted by Crippen LogP contribution is 2.41. The first-order chi connectivity index (χ1) is 19.1. The van der Waals surface area contributed by atoms with Crippen molar-refractivity contribution in [3.63, 3.8) is 0 Å². The summed E-state index contributed by atoms with van der Waals surface area (Å²) < 4.78 is 0. The smallest absolute Gasteiger partial charge is 0.226 e. The molecule has 39 heavy (non-hydrogen) atoms. The maximum Gasteiger partial charge on any atom is 0.226 e. The number of carbonyl (C=O) groups is 1. The number of amides is 1. The Morgan fingerprint density at radius 3 is 2.31 bits per heavy atom. The number of aromatic amines is 1. The van der Waals surface area contributed by atoms with Crippen molar-refractivity contribution >= 4 is 45.3 Å². The van der Waals surface area contributed by atoms with Crippen LogP contribution in [0.4, 0.5) is 5.69 Å². The second-order valence-corrected chi connectivity index (χ2v) is 11.0. The lowest BCUT2D eigenvalue weighted by atomic mass is 9.92. The Morgan fingerprint density at radius 2 is 1.59 bits per heavy atom. The van der Waals surface area contributed by atoms with Crippen LogP contribution in [0, 0.1) is 5.92 Å². The topological polar surface area (TPSA) is 57.8 Å². The van der Waals surface area contributed by atoms with Gasteiger partial charge in [-0.05, 0) is 53.1 Å². The monoisotopic (exact) mass is 527 g/mol. The Bertz CT molecular complexity index is 1760. The van der Waals surface area contributed by atoms with E-state index in [1.165, 1.54) is 15.8 Å². The van der Waals surface area contributed by atoms with Crippen LogP contribution in [0.1, 0.15) is 19.4 Å². The standard InChI is InChI=1S/C34H29N3OS/c1-22(2)34(38)36-26-16-14-24(15-17-26)29-20-35-33-32(31(29)25-9-5-3-6-10-25)28-19-23(13-18-30(28)37-33)21-39-27-11-7-4-8-12-27/h3-20,22H,21H2,1-2H3,(H,35,37)(H,36,38). The molecule has 6 rings (SSSR count). The molecule has 2 aromatic heterocycles. The molecule has 0 aliphatic rings. The first-order valence-corrected chi connectivity index (χ1v) is 14.1. The maximum absolute atomic E-state index is 12.2. The molecule has 0 fully saturated rings. The van der Waals surface area contributed by atoms with Crippen molar-refractivity contribution < 1.29 is 4.79 Å². The van der Waals surface area contributed by atoms with Crippen molar-refractivity contribution in [1.29, 1.82) is 0 Å². The van der Waals surface area contributed by atoms with Crippen molar-refractivity contribution in [2.45, 2.75) is 24.5 Å². The van der Waals surface area contributed by atoms with Crippen LogP contribution >= 0.6 is 11.8 Å². The number of fused-ring (bicyclic) bond motifs is 3. The number of benzene rings is 4. The van der Waals surface area contributed by atoms with Crippen LogP contribution in [0.2, 0.25) is 0 Å². The van der Waals surface area contributed by atoms with Crippen LogP contribution in [0.25, 0.3) is 44.2 Å². The Hall–Kier alpha value is -4.35. The molecule has 0 unspecified atom stereocenters. The third kappa shape index (κ3) is 5.18. The van der Waals surface area contributed by atoms with E-state index in [1.807, 2.05) is 56.1 Å². The fraction of sp³-hybridized carbons (Fsp3) is 0.118. The van der Waals surface area contributed by atoms with E-state index in [-0.39, 0.29) is 11.8 Å². The summed E-state index contributed by atoms with van der Waals surface area (Å²) in [5, 5.41) is 5.28. The van der Waals surface area contributed by atoms with E-state index in [1.54, 1.807) is 0 Å². The molecular weight excluding hydrogens is 498 g/mol. The zero-order chi connectivity index (χ0) is 26.8. The van der Waals surface area contributed by atoms with Gasteiger partial charge in [0.25, 0.3) is 0 Å². The van der Waals surface area contributed by atoms with Gasteiger partial charge in [0.1, 0.15) is 5.65 Å². The molecule has 4 nitrogen and oxygen atoms in total. The molecule has 0 spiro atoms. The van der Waals surface area contributed by atoms with E-state index in [0.29, 0.717) is 0 Å². The minimum absolute atomic E-state index is 0.0100. The summed E-state index contributed by atoms with van der Waals surface area (Å²) in [5.41, 5.74) is 8.41. The van der Waals surface area contributed by atoms with Crippen molar-refractivity contribution in [2.24, 2.45) is 5.92 Å². The molecule has 0 aliphatic carbocycles. The van der Waals surface area contributed by atoms with Gasteiger partial charge in [0.15, 0.2) is 0 Å². The lowest BCUT2D eigenvalue weighted by Gasteiger charge is -2.13. The molecule has 192 valence electrons. The van der Waals surface area contributed by atoms with E-state index in [0.717, 1.165) is 50.2 Å². The van der Waals surface area contributed by atoms with Crippen molar-refractivity contribution in [3.8, 4) is 22.3 Å². The van der Waals surface area contributed by atoms with Crippen LogP contribution in [0.3, 0.4) is 0 Å². The quantitative estimate of drug-likeness (QED) is 0.204. The Balaban J connectivity index is 1.46. The molecule has 0 aliphatic heterocycles. The van der Waals surface area contributed by atoms with Gasteiger partial charge in [-0.1, -0.05) is 80.6 Å². The number of aromatic nitrogens is 2. The molecule has 0 saturated heterocycles. The van der Waals surface area contributed by atoms with Crippen molar-refractivity contribution in [1.82, 2.24) is 9.97 Å². The molecule has 5 heteroatoms. The summed E-state index contributed by atoms with van der Waals surface area (Å²) in [5.74, 6) is 0.832. The number of nitrogens with one attached hydrogen (secondary N) is 2. The first-order valence-electron chi connectivity index (χ1n) is 13.1. The summed E-state index contributed by atoms with van der Waals surface area (Å²) in [6.45, 7) is 3.79. The van der Waals surface area contributed by atoms with Crippen LogP contribution in [0.15, 0.2) is 114 Å². The van der Waals surface area contributed by atoms with Crippen molar-refractivity contribution in [3.05, 3.63) is 115 Å². The van der Waals surface area contributed by atoms with Gasteiger partial charge in [-0.2, -0.15) is 0 Å². The lowest BCUT2D eigenvalue weighted by Crippen LogP contribution is -2.17. The number of anilines is 1. The van der Waals surface area contributed by atoms with Crippen LogP contribution in [-0.2, 0) is 10.5 Å². The second kappa shape index (κ2) is 10.8. The predicted molar refractivity (Wildman–Crippen MR) is 164 cm³/mol. The molecule has 2 N–H and O–H groups in total. The highest BCUT2D eigenvalue weighted by molar-refractivity contribution is 7.98. The molecule has 6 aromatic rings. The summed E-state index contributed by atoms with van der Waals surface area (Å²) >= 11 is 1.84. The Kier molecular flexibility index (Phi) is 6.91. The third-order valence-corrected chi connectivity index (χ3v) is 7.97. The van der Waals surface area contributed by atoms with Crippen LogP contribution < -0.4 is 5.32 Å². The van der Waals surface area contributed by atoms with Gasteiger partial charge in [0, 0.05) is 55.9 Å². The number of H-pyrrole nitrogens is 1. The normalized spacial score (nSPS) is 11.4. The Labute approximate surface area is 232 Å². The molecule has 0 radical (unpaired) electrons. The Morgan fingerprint density at radius 1 is 0.872 bits per heavy atom. The fourth-order valence-electron chi connectivity index (χ4n) is 4.82. The highest BCUT2D eigenvalue weighted by Gasteiger charge is 2.18. The number of carbonyl (C=O) groups excluding carboxylic acids is 1. The number of nitrogens with zero attached hydrogens (tertiary/aromatic N) is 1. The van der Waals surface area contributed by atoms with Gasteiger partial charge >= 0.3 is 0 Å². The van der Waals surface area contributed by atoms with Gasteiger partial charge in [-0.3, -0.25) is 4.79 Å². The summed E-state index contributed by atoms with van der Waals surface area (Å²) in [4.78, 5) is 21.9. The van der Waals surface area contributed by atoms with E-state index in [4.69, 9.17) is 4.98 Å². The van der Waals surface area contributed by atoms with E-state index in [2.05, 4.69) is 89.2 Å². The van der Waals surface area contributed by atoms with E-state index in [9.17, 15) is 4.79 Å². The molecule has 0 bridgehead atoms. The highest BCUT2D eigenvalue weighted by atomic mass is 32.2. The summed E-state index contributed by atoms with van der Waals surface area (Å²) in [7, 11) is 0. The SMILES string of the molecule is CC(C)C(=O)Nc1ccc(-c2cnc3[nH]c4ccc(CSc5ccccc5)cc4c3c2-c2ccccc2)cc1. The number of thioether (sulfide) groups is 1. The molecule has 0 atom stereocenters. The van der Waals surface area contributed by atoms with Gasteiger partial charge in [0.05, 0.1) is 0 Å². The zero-order valence-corrected chi connectivity index (χ0v) is 22.8. The molecule has 2 heterocycles.